The van der Waals surface area contributed by atoms with E-state index in [1.165, 1.54) is 0 Å². The Labute approximate surface area is 126 Å². The minimum Gasteiger partial charge on any atom is -0.391 e. The van der Waals surface area contributed by atoms with Crippen molar-refractivity contribution in [3.63, 3.8) is 0 Å². The molecule has 2 rings (SSSR count). The lowest BCUT2D eigenvalue weighted by molar-refractivity contribution is 0.0899. The van der Waals surface area contributed by atoms with Gasteiger partial charge in [-0.3, -0.25) is 9.48 Å². The summed E-state index contributed by atoms with van der Waals surface area (Å²) in [5, 5.41) is 17.1. The highest BCUT2D eigenvalue weighted by Gasteiger charge is 2.32. The van der Waals surface area contributed by atoms with Crippen LogP contribution in [0.2, 0.25) is 0 Å². The van der Waals surface area contributed by atoms with E-state index in [-0.39, 0.29) is 5.91 Å². The lowest BCUT2D eigenvalue weighted by atomic mass is 10.1. The number of carbonyl (C=O) groups is 1. The number of carbonyl (C=O) groups excluding carboxylic acids is 1. The minimum absolute atomic E-state index is 0.109. The molecule has 0 aromatic carbocycles. The van der Waals surface area contributed by atoms with E-state index in [4.69, 9.17) is 0 Å². The number of aromatic nitrogens is 2. The van der Waals surface area contributed by atoms with Crippen LogP contribution in [0.4, 0.5) is 0 Å². The van der Waals surface area contributed by atoms with E-state index < -0.39 is 6.10 Å². The summed E-state index contributed by atoms with van der Waals surface area (Å²) >= 11 is 0. The van der Waals surface area contributed by atoms with Gasteiger partial charge in [0.25, 0.3) is 5.91 Å². The van der Waals surface area contributed by atoms with Crippen LogP contribution in [0.15, 0.2) is 6.20 Å². The molecular weight excluding hydrogens is 266 g/mol. The molecular formula is C16H27N3O2. The smallest absolute Gasteiger partial charge is 0.254 e. The molecule has 1 unspecified atom stereocenters. The first-order valence-electron chi connectivity index (χ1n) is 8.04. The van der Waals surface area contributed by atoms with Crippen molar-refractivity contribution in [2.24, 2.45) is 5.92 Å². The largest absolute Gasteiger partial charge is 0.391 e. The van der Waals surface area contributed by atoms with Crippen molar-refractivity contribution in [3.05, 3.63) is 17.5 Å². The maximum atomic E-state index is 12.3. The van der Waals surface area contributed by atoms with Crippen LogP contribution in [0, 0.1) is 5.92 Å². The first-order chi connectivity index (χ1) is 10.0. The number of hydrogen-bond donors (Lipinski definition) is 2. The number of amides is 1. The average Bonchev–Trinajstić information content (AvgIpc) is 3.17. The van der Waals surface area contributed by atoms with Crippen molar-refractivity contribution < 1.29 is 9.90 Å². The molecule has 2 N–H and O–H groups in total. The normalized spacial score (nSPS) is 16.2. The van der Waals surface area contributed by atoms with Gasteiger partial charge in [0.2, 0.25) is 0 Å². The Morgan fingerprint density at radius 3 is 2.81 bits per heavy atom. The summed E-state index contributed by atoms with van der Waals surface area (Å²) in [6, 6.07) is 0. The van der Waals surface area contributed by atoms with Gasteiger partial charge >= 0.3 is 0 Å². The molecule has 1 aromatic heterocycles. The van der Waals surface area contributed by atoms with Crippen molar-refractivity contribution in [2.75, 3.05) is 6.54 Å². The van der Waals surface area contributed by atoms with Crippen molar-refractivity contribution in [2.45, 2.75) is 65.0 Å². The third-order valence-corrected chi connectivity index (χ3v) is 3.77. The molecule has 1 saturated carbocycles. The van der Waals surface area contributed by atoms with Crippen molar-refractivity contribution in [1.82, 2.24) is 15.1 Å². The molecule has 1 aliphatic carbocycles. The highest BCUT2D eigenvalue weighted by atomic mass is 16.3. The summed E-state index contributed by atoms with van der Waals surface area (Å²) in [7, 11) is 0. The lowest BCUT2D eigenvalue weighted by Gasteiger charge is -2.14. The van der Waals surface area contributed by atoms with Crippen LogP contribution in [0.25, 0.3) is 0 Å². The quantitative estimate of drug-likeness (QED) is 0.773. The summed E-state index contributed by atoms with van der Waals surface area (Å²) in [5.74, 6) is 0.800. The number of aliphatic hydroxyl groups is 1. The molecule has 0 saturated heterocycles. The molecule has 1 fully saturated rings. The molecule has 5 nitrogen and oxygen atoms in total. The van der Waals surface area contributed by atoms with E-state index in [2.05, 4.69) is 31.2 Å². The van der Waals surface area contributed by atoms with E-state index in [0.29, 0.717) is 30.4 Å². The van der Waals surface area contributed by atoms with Gasteiger partial charge in [-0.05, 0) is 31.6 Å². The zero-order valence-corrected chi connectivity index (χ0v) is 13.3. The first kappa shape index (κ1) is 16.0. The Bertz CT molecular complexity index is 478. The number of hydrogen-bond acceptors (Lipinski definition) is 3. The fourth-order valence-electron chi connectivity index (χ4n) is 2.68. The Kier molecular flexibility index (Phi) is 5.39. The Hall–Kier alpha value is -1.36. The predicted octanol–water partition coefficient (Wildman–Crippen LogP) is 2.31. The predicted molar refractivity (Wildman–Crippen MR) is 82.3 cm³/mol. The summed E-state index contributed by atoms with van der Waals surface area (Å²) in [4.78, 5) is 12.3. The van der Waals surface area contributed by atoms with Crippen molar-refractivity contribution in [3.8, 4) is 0 Å². The van der Waals surface area contributed by atoms with E-state index in [1.807, 2.05) is 4.68 Å². The third kappa shape index (κ3) is 4.30. The van der Waals surface area contributed by atoms with Crippen LogP contribution >= 0.6 is 0 Å². The van der Waals surface area contributed by atoms with Gasteiger partial charge in [-0.15, -0.1) is 0 Å². The Balaban J connectivity index is 1.99. The monoisotopic (exact) mass is 293 g/mol. The molecule has 0 spiro atoms. The molecule has 21 heavy (non-hydrogen) atoms. The maximum Gasteiger partial charge on any atom is 0.254 e. The highest BCUT2D eigenvalue weighted by Crippen LogP contribution is 2.41. The lowest BCUT2D eigenvalue weighted by Crippen LogP contribution is -2.33. The van der Waals surface area contributed by atoms with E-state index in [9.17, 15) is 9.90 Å². The van der Waals surface area contributed by atoms with Gasteiger partial charge in [0.1, 0.15) is 0 Å². The van der Waals surface area contributed by atoms with Gasteiger partial charge in [0.15, 0.2) is 0 Å². The number of nitrogens with zero attached hydrogens (tertiary/aromatic N) is 2. The Morgan fingerprint density at radius 1 is 1.52 bits per heavy atom. The van der Waals surface area contributed by atoms with Gasteiger partial charge in [-0.2, -0.15) is 5.10 Å². The van der Waals surface area contributed by atoms with Crippen LogP contribution in [0.3, 0.4) is 0 Å². The van der Waals surface area contributed by atoms with Crippen LogP contribution in [0.1, 0.15) is 68.4 Å². The van der Waals surface area contributed by atoms with Gasteiger partial charge in [0.05, 0.1) is 23.6 Å². The Morgan fingerprint density at radius 2 is 2.24 bits per heavy atom. The molecule has 0 bridgehead atoms. The first-order valence-corrected chi connectivity index (χ1v) is 8.04. The molecule has 1 aliphatic rings. The van der Waals surface area contributed by atoms with Gasteiger partial charge in [-0.1, -0.05) is 20.8 Å². The molecule has 1 amide bonds. The molecule has 0 aliphatic heterocycles. The van der Waals surface area contributed by atoms with Gasteiger partial charge in [-0.25, -0.2) is 0 Å². The molecule has 1 heterocycles. The van der Waals surface area contributed by atoms with E-state index in [1.54, 1.807) is 6.20 Å². The number of aryl methyl sites for hydroxylation is 1. The fraction of sp³-hybridized carbons (Fsp3) is 0.750. The second kappa shape index (κ2) is 7.07. The molecule has 1 aromatic rings. The van der Waals surface area contributed by atoms with Crippen molar-refractivity contribution >= 4 is 5.91 Å². The molecule has 1 atom stereocenters. The number of rotatable bonds is 8. The van der Waals surface area contributed by atoms with Gasteiger partial charge < -0.3 is 10.4 Å². The minimum atomic E-state index is -0.482. The van der Waals surface area contributed by atoms with Crippen LogP contribution in [0.5, 0.6) is 0 Å². The summed E-state index contributed by atoms with van der Waals surface area (Å²) in [6.45, 7) is 7.39. The SMILES string of the molecule is CCCn1ncc(C(=O)NCC(O)CC(C)C)c1C1CC1. The van der Waals surface area contributed by atoms with E-state index >= 15 is 0 Å². The number of nitrogens with one attached hydrogen (secondary N) is 1. The fourth-order valence-corrected chi connectivity index (χ4v) is 2.68. The standard InChI is InChI=1S/C16H27N3O2/c1-4-7-19-15(12-5-6-12)14(10-18-19)16(21)17-9-13(20)8-11(2)3/h10-13,20H,4-9H2,1-3H3,(H,17,21). The topological polar surface area (TPSA) is 67.2 Å². The summed E-state index contributed by atoms with van der Waals surface area (Å²) in [5.41, 5.74) is 1.76. The molecule has 118 valence electrons. The zero-order chi connectivity index (χ0) is 15.4. The highest BCUT2D eigenvalue weighted by molar-refractivity contribution is 5.95. The molecule has 5 heteroatoms. The summed E-state index contributed by atoms with van der Waals surface area (Å²) < 4.78 is 1.97. The van der Waals surface area contributed by atoms with Crippen LogP contribution in [-0.2, 0) is 6.54 Å². The van der Waals surface area contributed by atoms with Gasteiger partial charge in [0, 0.05) is 19.0 Å². The summed E-state index contributed by atoms with van der Waals surface area (Å²) in [6.07, 6.45) is 5.19. The zero-order valence-electron chi connectivity index (χ0n) is 13.3. The third-order valence-electron chi connectivity index (χ3n) is 3.77. The second-order valence-electron chi connectivity index (χ2n) is 6.43. The van der Waals surface area contributed by atoms with Crippen LogP contribution in [-0.4, -0.2) is 33.4 Å². The second-order valence-corrected chi connectivity index (χ2v) is 6.43. The number of aliphatic hydroxyl groups excluding tert-OH is 1. The average molecular weight is 293 g/mol. The van der Waals surface area contributed by atoms with E-state index in [0.717, 1.165) is 31.5 Å². The van der Waals surface area contributed by atoms with Crippen molar-refractivity contribution in [1.29, 1.82) is 0 Å². The maximum absolute atomic E-state index is 12.3. The molecule has 0 radical (unpaired) electrons. The van der Waals surface area contributed by atoms with Crippen LogP contribution < -0.4 is 5.32 Å².